The number of rotatable bonds is 4. The molecule has 0 saturated carbocycles. The van der Waals surface area contributed by atoms with Crippen LogP contribution < -0.4 is 4.72 Å². The number of nitrogens with zero attached hydrogens (tertiary/aromatic N) is 1. The Morgan fingerprint density at radius 1 is 1.50 bits per heavy atom. The number of aliphatic hydroxyl groups is 1. The Labute approximate surface area is 93.4 Å². The minimum Gasteiger partial charge on any atom is -0.389 e. The molecule has 0 spiro atoms. The zero-order valence-corrected chi connectivity index (χ0v) is 9.75. The first-order chi connectivity index (χ1) is 7.21. The van der Waals surface area contributed by atoms with Crippen molar-refractivity contribution < 1.29 is 17.9 Å². The molecule has 0 aliphatic heterocycles. The Morgan fingerprint density at radius 3 is 2.62 bits per heavy atom. The maximum absolute atomic E-state index is 12.8. The van der Waals surface area contributed by atoms with Crippen LogP contribution in [0.1, 0.15) is 13.8 Å². The van der Waals surface area contributed by atoms with E-state index in [2.05, 4.69) is 9.71 Å². The van der Waals surface area contributed by atoms with E-state index in [1.165, 1.54) is 13.8 Å². The molecule has 0 radical (unpaired) electrons. The highest BCUT2D eigenvalue weighted by atomic mass is 32.2. The molecule has 7 heteroatoms. The zero-order chi connectivity index (χ0) is 12.4. The number of aromatic nitrogens is 1. The van der Waals surface area contributed by atoms with Gasteiger partial charge in [0.2, 0.25) is 10.0 Å². The summed E-state index contributed by atoms with van der Waals surface area (Å²) < 4.78 is 38.1. The van der Waals surface area contributed by atoms with E-state index in [0.717, 1.165) is 18.5 Å². The lowest BCUT2D eigenvalue weighted by Gasteiger charge is -2.17. The van der Waals surface area contributed by atoms with Gasteiger partial charge in [0, 0.05) is 12.7 Å². The third kappa shape index (κ3) is 3.84. The van der Waals surface area contributed by atoms with Crippen LogP contribution in [0.5, 0.6) is 0 Å². The SMILES string of the molecule is CC(C)(O)CNS(=O)(=O)c1cncc(F)c1. The highest BCUT2D eigenvalue weighted by Gasteiger charge is 2.20. The Balaban J connectivity index is 2.87. The molecule has 0 amide bonds. The van der Waals surface area contributed by atoms with E-state index in [0.29, 0.717) is 0 Å². The van der Waals surface area contributed by atoms with Crippen molar-refractivity contribution in [1.29, 1.82) is 0 Å². The van der Waals surface area contributed by atoms with E-state index in [1.54, 1.807) is 0 Å². The number of hydrogen-bond acceptors (Lipinski definition) is 4. The van der Waals surface area contributed by atoms with Crippen LogP contribution >= 0.6 is 0 Å². The molecule has 1 rings (SSSR count). The first kappa shape index (κ1) is 13.0. The van der Waals surface area contributed by atoms with Crippen molar-refractivity contribution in [3.05, 3.63) is 24.3 Å². The molecule has 5 nitrogen and oxygen atoms in total. The predicted molar refractivity (Wildman–Crippen MR) is 55.7 cm³/mol. The van der Waals surface area contributed by atoms with Crippen molar-refractivity contribution in [1.82, 2.24) is 9.71 Å². The molecular formula is C9H13FN2O3S. The van der Waals surface area contributed by atoms with Crippen molar-refractivity contribution in [2.24, 2.45) is 0 Å². The standard InChI is InChI=1S/C9H13FN2O3S/c1-9(2,13)6-12-16(14,15)8-3-7(10)4-11-5-8/h3-5,12-13H,6H2,1-2H3. The quantitative estimate of drug-likeness (QED) is 0.801. The van der Waals surface area contributed by atoms with Crippen molar-refractivity contribution in [2.75, 3.05) is 6.54 Å². The number of halogens is 1. The molecule has 0 fully saturated rings. The van der Waals surface area contributed by atoms with Gasteiger partial charge in [0.05, 0.1) is 11.8 Å². The molecule has 1 heterocycles. The molecule has 0 aromatic carbocycles. The molecular weight excluding hydrogens is 235 g/mol. The first-order valence-electron chi connectivity index (χ1n) is 4.53. The van der Waals surface area contributed by atoms with E-state index in [-0.39, 0.29) is 11.4 Å². The monoisotopic (exact) mass is 248 g/mol. The summed E-state index contributed by atoms with van der Waals surface area (Å²) in [5.74, 6) is -0.730. The van der Waals surface area contributed by atoms with Gasteiger partial charge in [-0.1, -0.05) is 0 Å². The van der Waals surface area contributed by atoms with Gasteiger partial charge in [0.25, 0.3) is 0 Å². The van der Waals surface area contributed by atoms with Crippen LogP contribution in [-0.2, 0) is 10.0 Å². The molecule has 0 aliphatic carbocycles. The van der Waals surface area contributed by atoms with E-state index in [1.807, 2.05) is 0 Å². The molecule has 1 aromatic rings. The minimum atomic E-state index is -3.83. The lowest BCUT2D eigenvalue weighted by atomic mass is 10.1. The molecule has 0 unspecified atom stereocenters. The topological polar surface area (TPSA) is 79.3 Å². The first-order valence-corrected chi connectivity index (χ1v) is 6.02. The number of hydrogen-bond donors (Lipinski definition) is 2. The zero-order valence-electron chi connectivity index (χ0n) is 8.94. The Hall–Kier alpha value is -1.05. The fourth-order valence-corrected chi connectivity index (χ4v) is 2.07. The molecule has 0 saturated heterocycles. The molecule has 0 atom stereocenters. The average Bonchev–Trinajstić information content (AvgIpc) is 2.14. The van der Waals surface area contributed by atoms with E-state index < -0.39 is 21.4 Å². The summed E-state index contributed by atoms with van der Waals surface area (Å²) in [4.78, 5) is 3.17. The summed E-state index contributed by atoms with van der Waals surface area (Å²) in [6.45, 7) is 2.75. The fraction of sp³-hybridized carbons (Fsp3) is 0.444. The molecule has 90 valence electrons. The summed E-state index contributed by atoms with van der Waals surface area (Å²) in [5.41, 5.74) is -1.17. The largest absolute Gasteiger partial charge is 0.389 e. The van der Waals surface area contributed by atoms with Gasteiger partial charge in [0.15, 0.2) is 0 Å². The van der Waals surface area contributed by atoms with Crippen LogP contribution in [0.3, 0.4) is 0 Å². The van der Waals surface area contributed by atoms with E-state index in [9.17, 15) is 17.9 Å². The number of nitrogens with one attached hydrogen (secondary N) is 1. The van der Waals surface area contributed by atoms with Gasteiger partial charge in [-0.15, -0.1) is 0 Å². The maximum atomic E-state index is 12.8. The fourth-order valence-electron chi connectivity index (χ4n) is 0.894. The van der Waals surface area contributed by atoms with Gasteiger partial charge in [-0.3, -0.25) is 4.98 Å². The summed E-state index contributed by atoms with van der Waals surface area (Å²) in [7, 11) is -3.83. The lowest BCUT2D eigenvalue weighted by Crippen LogP contribution is -2.38. The summed E-state index contributed by atoms with van der Waals surface area (Å²) in [5, 5.41) is 9.37. The van der Waals surface area contributed by atoms with Gasteiger partial charge in [-0.05, 0) is 19.9 Å². The smallest absolute Gasteiger partial charge is 0.242 e. The van der Waals surface area contributed by atoms with Crippen LogP contribution in [0.4, 0.5) is 4.39 Å². The normalized spacial score (nSPS) is 12.8. The Kier molecular flexibility index (Phi) is 3.61. The van der Waals surface area contributed by atoms with Gasteiger partial charge in [-0.25, -0.2) is 17.5 Å². The van der Waals surface area contributed by atoms with E-state index in [4.69, 9.17) is 0 Å². The van der Waals surface area contributed by atoms with Crippen LogP contribution in [0.2, 0.25) is 0 Å². The molecule has 2 N–H and O–H groups in total. The predicted octanol–water partition coefficient (Wildman–Crippen LogP) is 0.270. The molecule has 0 aliphatic rings. The van der Waals surface area contributed by atoms with E-state index >= 15 is 0 Å². The van der Waals surface area contributed by atoms with Crippen LogP contribution in [0.25, 0.3) is 0 Å². The third-order valence-electron chi connectivity index (χ3n) is 1.68. The maximum Gasteiger partial charge on any atom is 0.242 e. The second kappa shape index (κ2) is 4.44. The van der Waals surface area contributed by atoms with Crippen LogP contribution in [0.15, 0.2) is 23.4 Å². The molecule has 16 heavy (non-hydrogen) atoms. The van der Waals surface area contributed by atoms with Crippen molar-refractivity contribution >= 4 is 10.0 Å². The van der Waals surface area contributed by atoms with Crippen molar-refractivity contribution in [3.63, 3.8) is 0 Å². The summed E-state index contributed by atoms with van der Waals surface area (Å²) >= 11 is 0. The van der Waals surface area contributed by atoms with Crippen molar-refractivity contribution in [3.8, 4) is 0 Å². The number of sulfonamides is 1. The van der Waals surface area contributed by atoms with Crippen LogP contribution in [-0.4, -0.2) is 30.7 Å². The average molecular weight is 248 g/mol. The molecule has 0 bridgehead atoms. The van der Waals surface area contributed by atoms with Gasteiger partial charge < -0.3 is 5.11 Å². The molecule has 1 aromatic heterocycles. The Morgan fingerprint density at radius 2 is 2.12 bits per heavy atom. The van der Waals surface area contributed by atoms with Gasteiger partial charge in [0.1, 0.15) is 10.7 Å². The summed E-state index contributed by atoms with van der Waals surface area (Å²) in [6, 6.07) is 0.861. The third-order valence-corrected chi connectivity index (χ3v) is 3.05. The highest BCUT2D eigenvalue weighted by molar-refractivity contribution is 7.89. The summed E-state index contributed by atoms with van der Waals surface area (Å²) in [6.07, 6.45) is 1.95. The second-order valence-corrected chi connectivity index (χ2v) is 5.74. The highest BCUT2D eigenvalue weighted by Crippen LogP contribution is 2.09. The van der Waals surface area contributed by atoms with Gasteiger partial charge >= 0.3 is 0 Å². The van der Waals surface area contributed by atoms with Crippen molar-refractivity contribution in [2.45, 2.75) is 24.3 Å². The number of pyridine rings is 1. The lowest BCUT2D eigenvalue weighted by molar-refractivity contribution is 0.0857. The minimum absolute atomic E-state index is 0.161. The second-order valence-electron chi connectivity index (χ2n) is 3.98. The van der Waals surface area contributed by atoms with Gasteiger partial charge in [-0.2, -0.15) is 0 Å². The van der Waals surface area contributed by atoms with Crippen LogP contribution in [0, 0.1) is 5.82 Å². The Bertz CT molecular complexity index is 468.